The van der Waals surface area contributed by atoms with Gasteiger partial charge in [0.25, 0.3) is 0 Å². The minimum Gasteiger partial charge on any atom is -0.262 e. The van der Waals surface area contributed by atoms with Crippen LogP contribution in [0.4, 0.5) is 0 Å². The van der Waals surface area contributed by atoms with Crippen LogP contribution >= 0.6 is 0 Å². The molecule has 0 atom stereocenters. The van der Waals surface area contributed by atoms with Gasteiger partial charge in [-0.2, -0.15) is 5.10 Å². The van der Waals surface area contributed by atoms with Gasteiger partial charge in [0.2, 0.25) is 0 Å². The van der Waals surface area contributed by atoms with Crippen LogP contribution in [0.15, 0.2) is 34.4 Å². The van der Waals surface area contributed by atoms with Gasteiger partial charge in [-0.3, -0.25) is 10.4 Å². The molecule has 0 spiro atoms. The smallest absolute Gasteiger partial charge is 0.149 e. The van der Waals surface area contributed by atoms with Crippen molar-refractivity contribution >= 4 is 11.5 Å². The number of amidine groups is 1. The lowest BCUT2D eigenvalue weighted by Gasteiger charge is -2.02. The van der Waals surface area contributed by atoms with E-state index >= 15 is 0 Å². The van der Waals surface area contributed by atoms with Crippen molar-refractivity contribution in [2.45, 2.75) is 20.4 Å². The molecule has 72 valence electrons. The lowest BCUT2D eigenvalue weighted by Crippen LogP contribution is -2.18. The Morgan fingerprint density at radius 2 is 2.14 bits per heavy atom. The fourth-order valence-electron chi connectivity index (χ4n) is 1.40. The second-order valence-electron chi connectivity index (χ2n) is 3.49. The number of hydrogen-bond acceptors (Lipinski definition) is 3. The van der Waals surface area contributed by atoms with Gasteiger partial charge in [-0.15, -0.1) is 0 Å². The predicted molar refractivity (Wildman–Crippen MR) is 58.6 cm³/mol. The second-order valence-corrected chi connectivity index (χ2v) is 3.49. The summed E-state index contributed by atoms with van der Waals surface area (Å²) in [5.74, 6) is 0.877. The molecule has 0 fully saturated rings. The first-order valence-electron chi connectivity index (χ1n) is 4.67. The largest absolute Gasteiger partial charge is 0.262 e. The zero-order valence-corrected chi connectivity index (χ0v) is 8.41. The number of nitrogens with zero attached hydrogens (tertiary/aromatic N) is 2. The molecule has 0 amide bonds. The lowest BCUT2D eigenvalue weighted by molar-refractivity contribution is 1.00. The quantitative estimate of drug-likeness (QED) is 0.529. The minimum atomic E-state index is 0.761. The molecule has 0 saturated carbocycles. The Morgan fingerprint density at radius 1 is 1.36 bits per heavy atom. The van der Waals surface area contributed by atoms with E-state index in [2.05, 4.69) is 27.7 Å². The van der Waals surface area contributed by atoms with Crippen molar-refractivity contribution in [2.24, 2.45) is 10.1 Å². The molecular weight excluding hydrogens is 174 g/mol. The molecule has 2 rings (SSSR count). The summed E-state index contributed by atoms with van der Waals surface area (Å²) >= 11 is 0. The van der Waals surface area contributed by atoms with E-state index in [4.69, 9.17) is 0 Å². The SMILES string of the molecule is CC(C)=NNC1=NCc2ccccc21. The third-order valence-electron chi connectivity index (χ3n) is 2.07. The monoisotopic (exact) mass is 187 g/mol. The average molecular weight is 187 g/mol. The van der Waals surface area contributed by atoms with E-state index in [9.17, 15) is 0 Å². The zero-order chi connectivity index (χ0) is 9.97. The zero-order valence-electron chi connectivity index (χ0n) is 8.41. The molecule has 0 radical (unpaired) electrons. The predicted octanol–water partition coefficient (Wildman–Crippen LogP) is 1.93. The molecule has 14 heavy (non-hydrogen) atoms. The van der Waals surface area contributed by atoms with Gasteiger partial charge >= 0.3 is 0 Å². The van der Waals surface area contributed by atoms with E-state index in [1.807, 2.05) is 26.0 Å². The molecule has 3 heteroatoms. The summed E-state index contributed by atoms with van der Waals surface area (Å²) in [6, 6.07) is 8.21. The fraction of sp³-hybridized carbons (Fsp3) is 0.273. The molecule has 1 aromatic rings. The summed E-state index contributed by atoms with van der Waals surface area (Å²) < 4.78 is 0. The molecule has 0 unspecified atom stereocenters. The van der Waals surface area contributed by atoms with Crippen molar-refractivity contribution in [1.82, 2.24) is 5.43 Å². The maximum absolute atomic E-state index is 4.37. The van der Waals surface area contributed by atoms with E-state index < -0.39 is 0 Å². The van der Waals surface area contributed by atoms with Crippen LogP contribution in [0.25, 0.3) is 0 Å². The topological polar surface area (TPSA) is 36.8 Å². The van der Waals surface area contributed by atoms with Crippen LogP contribution in [0.1, 0.15) is 25.0 Å². The first-order chi connectivity index (χ1) is 6.77. The Kier molecular flexibility index (Phi) is 2.31. The first kappa shape index (κ1) is 8.94. The standard InChI is InChI=1S/C11H13N3/c1-8(2)13-14-11-10-6-4-3-5-9(10)7-12-11/h3-6H,7H2,1-2H3,(H,12,14). The normalized spacial score (nSPS) is 13.1. The minimum absolute atomic E-state index is 0.761. The number of fused-ring (bicyclic) bond motifs is 1. The Bertz CT molecular complexity index is 401. The Hall–Kier alpha value is -1.64. The van der Waals surface area contributed by atoms with Gasteiger partial charge in [0.05, 0.1) is 6.54 Å². The highest BCUT2D eigenvalue weighted by Crippen LogP contribution is 2.16. The van der Waals surface area contributed by atoms with Gasteiger partial charge in [0.1, 0.15) is 5.84 Å². The molecule has 1 N–H and O–H groups in total. The maximum atomic E-state index is 4.37. The van der Waals surface area contributed by atoms with Crippen molar-refractivity contribution in [2.75, 3.05) is 0 Å². The average Bonchev–Trinajstić information content (AvgIpc) is 2.58. The van der Waals surface area contributed by atoms with Crippen LogP contribution in [0.2, 0.25) is 0 Å². The van der Waals surface area contributed by atoms with Gasteiger partial charge in [-0.1, -0.05) is 24.3 Å². The molecule has 3 nitrogen and oxygen atoms in total. The Labute approximate surface area is 83.6 Å². The number of benzene rings is 1. The highest BCUT2D eigenvalue weighted by atomic mass is 15.3. The van der Waals surface area contributed by atoms with Crippen molar-refractivity contribution < 1.29 is 0 Å². The van der Waals surface area contributed by atoms with Crippen molar-refractivity contribution in [3.8, 4) is 0 Å². The summed E-state index contributed by atoms with van der Waals surface area (Å²) in [6.45, 7) is 4.67. The molecule has 1 aliphatic rings. The second kappa shape index (κ2) is 3.62. The first-order valence-corrected chi connectivity index (χ1v) is 4.67. The molecule has 1 heterocycles. The van der Waals surface area contributed by atoms with E-state index in [-0.39, 0.29) is 0 Å². The molecule has 1 aliphatic heterocycles. The van der Waals surface area contributed by atoms with Crippen LogP contribution in [0, 0.1) is 0 Å². The number of nitrogens with one attached hydrogen (secondary N) is 1. The number of rotatable bonds is 1. The molecule has 1 aromatic carbocycles. The van der Waals surface area contributed by atoms with Crippen LogP contribution in [0.5, 0.6) is 0 Å². The van der Waals surface area contributed by atoms with Gasteiger partial charge in [-0.25, -0.2) is 0 Å². The number of hydrogen-bond donors (Lipinski definition) is 1. The highest BCUT2D eigenvalue weighted by Gasteiger charge is 2.13. The van der Waals surface area contributed by atoms with Crippen LogP contribution < -0.4 is 5.43 Å². The molecular formula is C11H13N3. The lowest BCUT2D eigenvalue weighted by atomic mass is 10.1. The molecule has 0 aliphatic carbocycles. The van der Waals surface area contributed by atoms with E-state index in [0.717, 1.165) is 23.7 Å². The van der Waals surface area contributed by atoms with Gasteiger partial charge < -0.3 is 0 Å². The molecule has 0 aromatic heterocycles. The molecule has 0 bridgehead atoms. The highest BCUT2D eigenvalue weighted by molar-refractivity contribution is 6.02. The summed E-state index contributed by atoms with van der Waals surface area (Å²) in [5, 5.41) is 4.14. The number of hydrazone groups is 1. The third-order valence-corrected chi connectivity index (χ3v) is 2.07. The maximum Gasteiger partial charge on any atom is 0.149 e. The van der Waals surface area contributed by atoms with Crippen molar-refractivity contribution in [1.29, 1.82) is 0 Å². The van der Waals surface area contributed by atoms with E-state index in [0.29, 0.717) is 0 Å². The summed E-state index contributed by atoms with van der Waals surface area (Å²) in [6.07, 6.45) is 0. The van der Waals surface area contributed by atoms with Crippen LogP contribution in [-0.4, -0.2) is 11.5 Å². The Morgan fingerprint density at radius 3 is 2.93 bits per heavy atom. The fourth-order valence-corrected chi connectivity index (χ4v) is 1.40. The summed E-state index contributed by atoms with van der Waals surface area (Å²) in [4.78, 5) is 4.37. The van der Waals surface area contributed by atoms with Crippen LogP contribution in [0.3, 0.4) is 0 Å². The summed E-state index contributed by atoms with van der Waals surface area (Å²) in [7, 11) is 0. The van der Waals surface area contributed by atoms with Gasteiger partial charge in [0.15, 0.2) is 0 Å². The summed E-state index contributed by atoms with van der Waals surface area (Å²) in [5.41, 5.74) is 6.40. The molecule has 0 saturated heterocycles. The van der Waals surface area contributed by atoms with Crippen LogP contribution in [-0.2, 0) is 6.54 Å². The third kappa shape index (κ3) is 1.66. The Balaban J connectivity index is 2.21. The van der Waals surface area contributed by atoms with E-state index in [1.165, 1.54) is 5.56 Å². The number of aliphatic imine (C=N–C) groups is 1. The van der Waals surface area contributed by atoms with Crippen molar-refractivity contribution in [3.05, 3.63) is 35.4 Å². The van der Waals surface area contributed by atoms with E-state index in [1.54, 1.807) is 0 Å². The van der Waals surface area contributed by atoms with Gasteiger partial charge in [0, 0.05) is 11.3 Å². The van der Waals surface area contributed by atoms with Crippen molar-refractivity contribution in [3.63, 3.8) is 0 Å². The van der Waals surface area contributed by atoms with Gasteiger partial charge in [-0.05, 0) is 19.4 Å².